The van der Waals surface area contributed by atoms with Gasteiger partial charge in [0.05, 0.1) is 12.7 Å². The van der Waals surface area contributed by atoms with Gasteiger partial charge in [0, 0.05) is 23.4 Å². The van der Waals surface area contributed by atoms with E-state index in [9.17, 15) is 9.90 Å². The molecule has 1 aromatic carbocycles. The van der Waals surface area contributed by atoms with Gasteiger partial charge in [0.15, 0.2) is 0 Å². The second-order valence-electron chi connectivity index (χ2n) is 9.45. The Bertz CT molecular complexity index is 956. The van der Waals surface area contributed by atoms with Gasteiger partial charge in [-0.15, -0.1) is 0 Å². The summed E-state index contributed by atoms with van der Waals surface area (Å²) in [4.78, 5) is 11.5. The molecule has 0 bridgehead atoms. The highest BCUT2D eigenvalue weighted by molar-refractivity contribution is 5.77. The monoisotopic (exact) mass is 382 g/mol. The lowest BCUT2D eigenvalue weighted by atomic mass is 9.47. The van der Waals surface area contributed by atoms with Crippen LogP contribution >= 0.6 is 0 Å². The first-order valence-electron chi connectivity index (χ1n) is 10.2. The van der Waals surface area contributed by atoms with E-state index < -0.39 is 0 Å². The zero-order valence-electron chi connectivity index (χ0n) is 17.0. The van der Waals surface area contributed by atoms with Gasteiger partial charge in [-0.05, 0) is 60.6 Å². The Balaban J connectivity index is 1.58. The highest BCUT2D eigenvalue weighted by atomic mass is 16.5. The molecular weight excluding hydrogens is 352 g/mol. The fourth-order valence-corrected chi connectivity index (χ4v) is 5.78. The summed E-state index contributed by atoms with van der Waals surface area (Å²) in [5.74, 6) is 1.39. The summed E-state index contributed by atoms with van der Waals surface area (Å²) in [6.07, 6.45) is 3.63. The Morgan fingerprint density at radius 2 is 1.96 bits per heavy atom. The molecule has 2 aliphatic carbocycles. The van der Waals surface area contributed by atoms with Crippen LogP contribution < -0.4 is 10.4 Å². The molecule has 0 radical (unpaired) electrons. The van der Waals surface area contributed by atoms with E-state index in [4.69, 9.17) is 9.15 Å². The van der Waals surface area contributed by atoms with Crippen molar-refractivity contribution in [2.24, 2.45) is 22.7 Å². The molecule has 28 heavy (non-hydrogen) atoms. The van der Waals surface area contributed by atoms with Crippen LogP contribution in [0, 0.1) is 22.7 Å². The fourth-order valence-electron chi connectivity index (χ4n) is 5.78. The van der Waals surface area contributed by atoms with Crippen LogP contribution in [0.15, 0.2) is 51.7 Å². The molecule has 1 heterocycles. The first-order chi connectivity index (χ1) is 13.2. The van der Waals surface area contributed by atoms with E-state index in [0.29, 0.717) is 23.9 Å². The molecule has 2 aliphatic rings. The van der Waals surface area contributed by atoms with Gasteiger partial charge in [-0.2, -0.15) is 0 Å². The van der Waals surface area contributed by atoms with E-state index in [1.165, 1.54) is 11.6 Å². The normalized spacial score (nSPS) is 32.1. The van der Waals surface area contributed by atoms with Crippen LogP contribution in [0.1, 0.15) is 46.5 Å². The molecule has 4 nitrogen and oxygen atoms in total. The number of hydrogen-bond donors (Lipinski definition) is 1. The van der Waals surface area contributed by atoms with Gasteiger partial charge < -0.3 is 14.3 Å². The average Bonchev–Trinajstić information content (AvgIpc) is 2.64. The van der Waals surface area contributed by atoms with Gasteiger partial charge in [0.25, 0.3) is 0 Å². The van der Waals surface area contributed by atoms with Crippen molar-refractivity contribution >= 4 is 11.0 Å². The first-order valence-corrected chi connectivity index (χ1v) is 10.2. The topological polar surface area (TPSA) is 59.7 Å². The SMILES string of the molecule is C=C1CCC2C(C)(C)[C@@H](O)CC[C@@]2(C)[C@@H]1COc1ccc2ccc(=O)oc2c1. The van der Waals surface area contributed by atoms with Crippen LogP contribution in [-0.4, -0.2) is 17.8 Å². The third-order valence-electron chi connectivity index (χ3n) is 7.56. The quantitative estimate of drug-likeness (QED) is 0.603. The molecule has 0 saturated heterocycles. The Morgan fingerprint density at radius 1 is 1.21 bits per heavy atom. The molecule has 4 heteroatoms. The Hall–Kier alpha value is -2.07. The largest absolute Gasteiger partial charge is 0.493 e. The number of aliphatic hydroxyl groups is 1. The van der Waals surface area contributed by atoms with Crippen LogP contribution in [0.5, 0.6) is 5.75 Å². The number of benzene rings is 1. The van der Waals surface area contributed by atoms with Crippen LogP contribution in [0.4, 0.5) is 0 Å². The highest BCUT2D eigenvalue weighted by Crippen LogP contribution is 2.60. The average molecular weight is 383 g/mol. The number of rotatable bonds is 3. The summed E-state index contributed by atoms with van der Waals surface area (Å²) in [5.41, 5.74) is 1.40. The summed E-state index contributed by atoms with van der Waals surface area (Å²) in [5, 5.41) is 11.5. The molecular formula is C24H30O4. The lowest BCUT2D eigenvalue weighted by Gasteiger charge is -2.59. The van der Waals surface area contributed by atoms with E-state index in [1.54, 1.807) is 12.1 Å². The van der Waals surface area contributed by atoms with Crippen LogP contribution in [0.25, 0.3) is 11.0 Å². The van der Waals surface area contributed by atoms with Crippen molar-refractivity contribution in [2.45, 2.75) is 52.6 Å². The van der Waals surface area contributed by atoms with E-state index in [2.05, 4.69) is 27.4 Å². The molecule has 4 rings (SSSR count). The molecule has 2 fully saturated rings. The second kappa shape index (κ2) is 6.77. The minimum absolute atomic E-state index is 0.0709. The van der Waals surface area contributed by atoms with Crippen molar-refractivity contribution in [3.63, 3.8) is 0 Å². The number of aliphatic hydroxyl groups excluding tert-OH is 1. The Morgan fingerprint density at radius 3 is 2.75 bits per heavy atom. The molecule has 4 atom stereocenters. The minimum atomic E-state index is -0.358. The molecule has 1 N–H and O–H groups in total. The van der Waals surface area contributed by atoms with Crippen LogP contribution in [0.3, 0.4) is 0 Å². The van der Waals surface area contributed by atoms with E-state index in [-0.39, 0.29) is 28.5 Å². The summed E-state index contributed by atoms with van der Waals surface area (Å²) in [6.45, 7) is 11.7. The van der Waals surface area contributed by atoms with Gasteiger partial charge in [0.1, 0.15) is 11.3 Å². The maximum Gasteiger partial charge on any atom is 0.336 e. The lowest BCUT2D eigenvalue weighted by Crippen LogP contribution is -2.55. The van der Waals surface area contributed by atoms with Crippen LogP contribution in [0.2, 0.25) is 0 Å². The van der Waals surface area contributed by atoms with Crippen molar-refractivity contribution in [1.29, 1.82) is 0 Å². The fraction of sp³-hybridized carbons (Fsp3) is 0.542. The summed E-state index contributed by atoms with van der Waals surface area (Å²) in [7, 11) is 0. The van der Waals surface area contributed by atoms with E-state index in [0.717, 1.165) is 31.1 Å². The van der Waals surface area contributed by atoms with Crippen molar-refractivity contribution in [3.8, 4) is 5.75 Å². The molecule has 0 amide bonds. The third kappa shape index (κ3) is 3.08. The molecule has 0 spiro atoms. The maximum atomic E-state index is 11.5. The molecule has 1 unspecified atom stereocenters. The number of hydrogen-bond acceptors (Lipinski definition) is 4. The van der Waals surface area contributed by atoms with Gasteiger partial charge in [0.2, 0.25) is 0 Å². The molecule has 2 aromatic rings. The van der Waals surface area contributed by atoms with Gasteiger partial charge in [-0.1, -0.05) is 32.9 Å². The third-order valence-corrected chi connectivity index (χ3v) is 7.56. The Labute approximate surface area is 166 Å². The number of fused-ring (bicyclic) bond motifs is 2. The van der Waals surface area contributed by atoms with Gasteiger partial charge in [-0.25, -0.2) is 4.79 Å². The molecule has 0 aliphatic heterocycles. The summed E-state index contributed by atoms with van der Waals surface area (Å²) < 4.78 is 11.5. The summed E-state index contributed by atoms with van der Waals surface area (Å²) >= 11 is 0. The van der Waals surface area contributed by atoms with Crippen LogP contribution in [-0.2, 0) is 0 Å². The first kappa shape index (κ1) is 19.3. The van der Waals surface area contributed by atoms with Crippen molar-refractivity contribution in [3.05, 3.63) is 52.9 Å². The Kier molecular flexibility index (Phi) is 4.65. The smallest absolute Gasteiger partial charge is 0.336 e. The van der Waals surface area contributed by atoms with E-state index in [1.807, 2.05) is 12.1 Å². The second-order valence-corrected chi connectivity index (χ2v) is 9.45. The van der Waals surface area contributed by atoms with Crippen molar-refractivity contribution in [1.82, 2.24) is 0 Å². The highest BCUT2D eigenvalue weighted by Gasteiger charge is 2.56. The zero-order valence-corrected chi connectivity index (χ0v) is 17.0. The standard InChI is InChI=1S/C24H30O4/c1-15-5-9-20-23(2,3)21(25)11-12-24(20,4)18(15)14-27-17-8-6-16-7-10-22(26)28-19(16)13-17/h6-8,10,13,18,20-21,25H,1,5,9,11-12,14H2,2-4H3/t18-,20?,21+,24+/m1/s1. The molecule has 2 saturated carbocycles. The minimum Gasteiger partial charge on any atom is -0.493 e. The van der Waals surface area contributed by atoms with Crippen molar-refractivity contribution in [2.75, 3.05) is 6.61 Å². The summed E-state index contributed by atoms with van der Waals surface area (Å²) in [6, 6.07) is 8.80. The lowest BCUT2D eigenvalue weighted by molar-refractivity contribution is -0.128. The van der Waals surface area contributed by atoms with Crippen molar-refractivity contribution < 1.29 is 14.3 Å². The van der Waals surface area contributed by atoms with Gasteiger partial charge >= 0.3 is 5.63 Å². The maximum absolute atomic E-state index is 11.5. The van der Waals surface area contributed by atoms with Gasteiger partial charge in [-0.3, -0.25) is 0 Å². The zero-order chi connectivity index (χ0) is 20.1. The van der Waals surface area contributed by atoms with E-state index >= 15 is 0 Å². The number of ether oxygens (including phenoxy) is 1. The molecule has 150 valence electrons. The predicted octanol–water partition coefficient (Wildman–Crippen LogP) is 4.94. The predicted molar refractivity (Wildman–Crippen MR) is 110 cm³/mol. The molecule has 1 aromatic heterocycles.